The number of nitrogens with zero attached hydrogens (tertiary/aromatic N) is 1. The Morgan fingerprint density at radius 1 is 1.40 bits per heavy atom. The van der Waals surface area contributed by atoms with Crippen molar-refractivity contribution in [3.63, 3.8) is 0 Å². The molecule has 1 aromatic carbocycles. The molecule has 4 nitrogen and oxygen atoms in total. The van der Waals surface area contributed by atoms with Crippen LogP contribution in [0.5, 0.6) is 0 Å². The van der Waals surface area contributed by atoms with Crippen LogP contribution in [0.25, 0.3) is 16.6 Å². The van der Waals surface area contributed by atoms with Crippen molar-refractivity contribution in [3.05, 3.63) is 42.2 Å². The summed E-state index contributed by atoms with van der Waals surface area (Å²) in [6.07, 6.45) is 3.59. The highest BCUT2D eigenvalue weighted by Crippen LogP contribution is 2.17. The van der Waals surface area contributed by atoms with Crippen molar-refractivity contribution in [2.75, 3.05) is 7.05 Å². The van der Waals surface area contributed by atoms with Gasteiger partial charge in [-0.3, -0.25) is 0 Å². The van der Waals surface area contributed by atoms with E-state index < -0.39 is 0 Å². The smallest absolute Gasteiger partial charge is 0.0564 e. The molecule has 4 heteroatoms. The minimum atomic E-state index is 0.656. The fourth-order valence-electron chi connectivity index (χ4n) is 1.53. The highest BCUT2D eigenvalue weighted by molar-refractivity contribution is 5.83. The summed E-state index contributed by atoms with van der Waals surface area (Å²) in [6.45, 7) is 0. The molecule has 0 aliphatic heterocycles. The third-order valence-electron chi connectivity index (χ3n) is 2.23. The molecular formula is C11H14N4. The monoisotopic (exact) mass is 202 g/mol. The van der Waals surface area contributed by atoms with Gasteiger partial charge < -0.3 is 15.7 Å². The van der Waals surface area contributed by atoms with Crippen LogP contribution in [0.2, 0.25) is 0 Å². The fraction of sp³-hybridized carbons (Fsp3) is 0.0909. The second-order valence-corrected chi connectivity index (χ2v) is 3.53. The second-order valence-electron chi connectivity index (χ2n) is 3.53. The Morgan fingerprint density at radius 2 is 2.20 bits per heavy atom. The van der Waals surface area contributed by atoms with Gasteiger partial charge in [0.15, 0.2) is 0 Å². The third-order valence-corrected chi connectivity index (χ3v) is 2.23. The van der Waals surface area contributed by atoms with Gasteiger partial charge in [0.2, 0.25) is 0 Å². The number of fused-ring (bicyclic) bond motifs is 1. The molecule has 1 heterocycles. The van der Waals surface area contributed by atoms with Gasteiger partial charge in [0, 0.05) is 30.3 Å². The number of hydrogen-bond acceptors (Lipinski definition) is 3. The van der Waals surface area contributed by atoms with Crippen molar-refractivity contribution < 1.29 is 0 Å². The fourth-order valence-corrected chi connectivity index (χ4v) is 1.53. The van der Waals surface area contributed by atoms with Crippen LogP contribution in [-0.2, 0) is 0 Å². The normalized spacial score (nSPS) is 12.0. The molecule has 0 fully saturated rings. The molecule has 0 amide bonds. The summed E-state index contributed by atoms with van der Waals surface area (Å²) in [5.74, 6) is 5.49. The van der Waals surface area contributed by atoms with Crippen LogP contribution in [0.3, 0.4) is 0 Å². The maximum absolute atomic E-state index is 5.88. The summed E-state index contributed by atoms with van der Waals surface area (Å²) in [5, 5.41) is 2.58. The lowest BCUT2D eigenvalue weighted by Gasteiger charge is -2.08. The molecule has 0 saturated heterocycles. The predicted molar refractivity (Wildman–Crippen MR) is 62.4 cm³/mol. The summed E-state index contributed by atoms with van der Waals surface area (Å²) in [7, 11) is 1.74. The molecule has 0 atom stereocenters. The minimum Gasteiger partial charge on any atom is -0.397 e. The topological polar surface area (TPSA) is 71.1 Å². The van der Waals surface area contributed by atoms with Gasteiger partial charge in [0.05, 0.1) is 5.70 Å². The Kier molecular flexibility index (Phi) is 2.35. The number of aromatic amines is 1. The summed E-state index contributed by atoms with van der Waals surface area (Å²) in [5.41, 5.74) is 8.62. The van der Waals surface area contributed by atoms with E-state index in [0.717, 1.165) is 16.5 Å². The van der Waals surface area contributed by atoms with Crippen LogP contribution >= 0.6 is 0 Å². The van der Waals surface area contributed by atoms with Gasteiger partial charge in [-0.1, -0.05) is 6.07 Å². The summed E-state index contributed by atoms with van der Waals surface area (Å²) < 4.78 is 0. The molecule has 0 radical (unpaired) electrons. The van der Waals surface area contributed by atoms with E-state index in [1.165, 1.54) is 5.01 Å². The standard InChI is InChI=1S/C11H14N4/c1-15(13)7-10(12)8-2-3-11-9(6-8)4-5-14-11/h2-7,14H,12-13H2,1H3/b10-7-. The van der Waals surface area contributed by atoms with Crippen molar-refractivity contribution >= 4 is 16.6 Å². The van der Waals surface area contributed by atoms with Crippen molar-refractivity contribution in [1.82, 2.24) is 9.99 Å². The lowest BCUT2D eigenvalue weighted by Crippen LogP contribution is -2.20. The summed E-state index contributed by atoms with van der Waals surface area (Å²) >= 11 is 0. The molecule has 15 heavy (non-hydrogen) atoms. The van der Waals surface area contributed by atoms with E-state index in [4.69, 9.17) is 11.6 Å². The number of aromatic nitrogens is 1. The summed E-state index contributed by atoms with van der Waals surface area (Å²) in [6, 6.07) is 8.01. The zero-order valence-electron chi connectivity index (χ0n) is 8.57. The number of H-pyrrole nitrogens is 1. The maximum atomic E-state index is 5.88. The average molecular weight is 202 g/mol. The highest BCUT2D eigenvalue weighted by atomic mass is 15.4. The Morgan fingerprint density at radius 3 is 2.93 bits per heavy atom. The van der Waals surface area contributed by atoms with Crippen LogP contribution in [0.4, 0.5) is 0 Å². The van der Waals surface area contributed by atoms with Crippen LogP contribution in [-0.4, -0.2) is 17.0 Å². The van der Waals surface area contributed by atoms with E-state index in [1.807, 2.05) is 30.5 Å². The first kappa shape index (κ1) is 9.61. The third kappa shape index (κ3) is 1.94. The molecule has 5 N–H and O–H groups in total. The predicted octanol–water partition coefficient (Wildman–Crippen LogP) is 1.23. The minimum absolute atomic E-state index is 0.656. The molecule has 0 spiro atoms. The van der Waals surface area contributed by atoms with Crippen LogP contribution < -0.4 is 11.6 Å². The Balaban J connectivity index is 2.43. The number of benzene rings is 1. The van der Waals surface area contributed by atoms with Gasteiger partial charge in [-0.05, 0) is 23.8 Å². The van der Waals surface area contributed by atoms with Crippen LogP contribution in [0.15, 0.2) is 36.7 Å². The number of rotatable bonds is 2. The van der Waals surface area contributed by atoms with E-state index >= 15 is 0 Å². The lowest BCUT2D eigenvalue weighted by molar-refractivity contribution is 0.486. The van der Waals surface area contributed by atoms with E-state index in [-0.39, 0.29) is 0 Å². The highest BCUT2D eigenvalue weighted by Gasteiger charge is 1.99. The Bertz CT molecular complexity index is 496. The molecule has 0 aliphatic carbocycles. The molecule has 78 valence electrons. The SMILES string of the molecule is CN(N)/C=C(\N)c1ccc2[nH]ccc2c1. The van der Waals surface area contributed by atoms with E-state index in [0.29, 0.717) is 5.70 Å². The van der Waals surface area contributed by atoms with Gasteiger partial charge in [-0.2, -0.15) is 0 Å². The zero-order chi connectivity index (χ0) is 10.8. The van der Waals surface area contributed by atoms with Crippen molar-refractivity contribution in [2.45, 2.75) is 0 Å². The maximum Gasteiger partial charge on any atom is 0.0564 e. The Hall–Kier alpha value is -1.94. The van der Waals surface area contributed by atoms with E-state index in [2.05, 4.69) is 4.98 Å². The molecule has 2 aromatic rings. The molecule has 1 aromatic heterocycles. The second kappa shape index (κ2) is 3.67. The van der Waals surface area contributed by atoms with Gasteiger partial charge >= 0.3 is 0 Å². The number of nitrogens with two attached hydrogens (primary N) is 2. The largest absolute Gasteiger partial charge is 0.397 e. The zero-order valence-corrected chi connectivity index (χ0v) is 8.57. The molecular weight excluding hydrogens is 188 g/mol. The van der Waals surface area contributed by atoms with E-state index in [1.54, 1.807) is 13.2 Å². The van der Waals surface area contributed by atoms with E-state index in [9.17, 15) is 0 Å². The first-order chi connectivity index (χ1) is 7.16. The van der Waals surface area contributed by atoms with Gasteiger partial charge in [0.1, 0.15) is 0 Å². The van der Waals surface area contributed by atoms with Crippen molar-refractivity contribution in [1.29, 1.82) is 0 Å². The average Bonchev–Trinajstić information content (AvgIpc) is 2.62. The summed E-state index contributed by atoms with van der Waals surface area (Å²) in [4.78, 5) is 3.13. The number of nitrogens with one attached hydrogen (secondary N) is 1. The van der Waals surface area contributed by atoms with Crippen molar-refractivity contribution in [2.24, 2.45) is 11.6 Å². The van der Waals surface area contributed by atoms with Crippen LogP contribution in [0.1, 0.15) is 5.56 Å². The first-order valence-corrected chi connectivity index (χ1v) is 4.69. The quantitative estimate of drug-likeness (QED) is 0.506. The van der Waals surface area contributed by atoms with Gasteiger partial charge in [0.25, 0.3) is 0 Å². The lowest BCUT2D eigenvalue weighted by atomic mass is 10.1. The molecule has 0 aliphatic rings. The Labute approximate surface area is 88.1 Å². The molecule has 0 saturated carbocycles. The van der Waals surface area contributed by atoms with Gasteiger partial charge in [-0.25, -0.2) is 5.84 Å². The molecule has 0 bridgehead atoms. The first-order valence-electron chi connectivity index (χ1n) is 4.69. The van der Waals surface area contributed by atoms with Crippen LogP contribution in [0, 0.1) is 0 Å². The number of hydrogen-bond donors (Lipinski definition) is 3. The molecule has 2 rings (SSSR count). The molecule has 0 unspecified atom stereocenters. The van der Waals surface area contributed by atoms with Crippen molar-refractivity contribution in [3.8, 4) is 0 Å². The van der Waals surface area contributed by atoms with Gasteiger partial charge in [-0.15, -0.1) is 0 Å². The number of hydrazine groups is 1.